The lowest BCUT2D eigenvalue weighted by molar-refractivity contribution is -0.133. The number of likely N-dealkylation sites (N-methyl/N-ethyl adjacent to an activating group) is 1. The Morgan fingerprint density at radius 3 is 2.44 bits per heavy atom. The Balaban J connectivity index is 1.76. The summed E-state index contributed by atoms with van der Waals surface area (Å²) in [5.41, 5.74) is 2.18. The van der Waals surface area contributed by atoms with E-state index in [0.29, 0.717) is 11.3 Å². The molecule has 0 aliphatic heterocycles. The summed E-state index contributed by atoms with van der Waals surface area (Å²) in [4.78, 5) is 37.6. The van der Waals surface area contributed by atoms with E-state index in [-0.39, 0.29) is 37.2 Å². The fourth-order valence-electron chi connectivity index (χ4n) is 2.43. The second kappa shape index (κ2) is 9.87. The van der Waals surface area contributed by atoms with Crippen LogP contribution in [0.5, 0.6) is 0 Å². The summed E-state index contributed by atoms with van der Waals surface area (Å²) in [5, 5.41) is 5.49. The predicted octanol–water partition coefficient (Wildman–Crippen LogP) is 2.97. The standard InChI is InChI=1S/C20H22BrN3O3/c1-14-12-16(21)8-9-17(14)23-18(25)13-24(2)19(26)10-11-22-20(27)15-6-4-3-5-7-15/h3-9,12H,10-11,13H2,1-2H3,(H,22,27)(H,23,25). The predicted molar refractivity (Wildman–Crippen MR) is 109 cm³/mol. The average molecular weight is 432 g/mol. The van der Waals surface area contributed by atoms with E-state index in [1.54, 1.807) is 37.4 Å². The molecule has 0 atom stereocenters. The fraction of sp³-hybridized carbons (Fsp3) is 0.250. The first-order chi connectivity index (χ1) is 12.9. The van der Waals surface area contributed by atoms with Gasteiger partial charge in [0.05, 0.1) is 6.54 Å². The first-order valence-electron chi connectivity index (χ1n) is 8.50. The van der Waals surface area contributed by atoms with E-state index in [1.165, 1.54) is 4.90 Å². The molecular formula is C20H22BrN3O3. The molecule has 2 rings (SSSR count). The molecule has 0 aliphatic carbocycles. The number of hydrogen-bond donors (Lipinski definition) is 2. The number of aryl methyl sites for hydroxylation is 1. The zero-order chi connectivity index (χ0) is 19.8. The van der Waals surface area contributed by atoms with E-state index in [2.05, 4.69) is 26.6 Å². The lowest BCUT2D eigenvalue weighted by Crippen LogP contribution is -2.37. The maximum absolute atomic E-state index is 12.1. The number of carbonyl (C=O) groups is 3. The molecule has 0 aliphatic rings. The molecule has 7 heteroatoms. The molecule has 0 heterocycles. The summed E-state index contributed by atoms with van der Waals surface area (Å²) in [6, 6.07) is 14.3. The van der Waals surface area contributed by atoms with Gasteiger partial charge in [-0.2, -0.15) is 0 Å². The Bertz CT molecular complexity index is 824. The van der Waals surface area contributed by atoms with Gasteiger partial charge < -0.3 is 15.5 Å². The van der Waals surface area contributed by atoms with Gasteiger partial charge in [-0.15, -0.1) is 0 Å². The molecule has 0 unspecified atom stereocenters. The van der Waals surface area contributed by atoms with Gasteiger partial charge in [-0.05, 0) is 42.8 Å². The molecular weight excluding hydrogens is 410 g/mol. The molecule has 27 heavy (non-hydrogen) atoms. The van der Waals surface area contributed by atoms with Crippen LogP contribution in [0.2, 0.25) is 0 Å². The number of halogens is 1. The SMILES string of the molecule is Cc1cc(Br)ccc1NC(=O)CN(C)C(=O)CCNC(=O)c1ccccc1. The number of amides is 3. The molecule has 0 radical (unpaired) electrons. The van der Waals surface area contributed by atoms with Crippen LogP contribution in [-0.4, -0.2) is 42.8 Å². The molecule has 0 fully saturated rings. The molecule has 6 nitrogen and oxygen atoms in total. The third-order valence-electron chi connectivity index (χ3n) is 3.93. The highest BCUT2D eigenvalue weighted by Crippen LogP contribution is 2.19. The number of nitrogens with one attached hydrogen (secondary N) is 2. The fourth-order valence-corrected chi connectivity index (χ4v) is 2.90. The van der Waals surface area contributed by atoms with Crippen molar-refractivity contribution in [2.45, 2.75) is 13.3 Å². The van der Waals surface area contributed by atoms with Crippen molar-refractivity contribution in [3.63, 3.8) is 0 Å². The van der Waals surface area contributed by atoms with Crippen LogP contribution in [0.1, 0.15) is 22.3 Å². The highest BCUT2D eigenvalue weighted by Gasteiger charge is 2.14. The molecule has 0 bridgehead atoms. The highest BCUT2D eigenvalue weighted by atomic mass is 79.9. The van der Waals surface area contributed by atoms with E-state index in [4.69, 9.17) is 0 Å². The molecule has 2 N–H and O–H groups in total. The maximum atomic E-state index is 12.1. The van der Waals surface area contributed by atoms with Crippen LogP contribution in [0.4, 0.5) is 5.69 Å². The lowest BCUT2D eigenvalue weighted by Gasteiger charge is -2.17. The molecule has 2 aromatic carbocycles. The van der Waals surface area contributed by atoms with Gasteiger partial charge in [0, 0.05) is 35.7 Å². The van der Waals surface area contributed by atoms with Gasteiger partial charge >= 0.3 is 0 Å². The van der Waals surface area contributed by atoms with Crippen molar-refractivity contribution in [3.05, 3.63) is 64.1 Å². The van der Waals surface area contributed by atoms with Crippen LogP contribution < -0.4 is 10.6 Å². The number of carbonyl (C=O) groups excluding carboxylic acids is 3. The minimum Gasteiger partial charge on any atom is -0.352 e. The van der Waals surface area contributed by atoms with Crippen molar-refractivity contribution >= 4 is 39.3 Å². The second-order valence-electron chi connectivity index (χ2n) is 6.13. The summed E-state index contributed by atoms with van der Waals surface area (Å²) in [7, 11) is 1.56. The van der Waals surface area contributed by atoms with E-state index in [9.17, 15) is 14.4 Å². The first-order valence-corrected chi connectivity index (χ1v) is 9.29. The van der Waals surface area contributed by atoms with E-state index in [1.807, 2.05) is 25.1 Å². The molecule has 3 amide bonds. The van der Waals surface area contributed by atoms with Crippen molar-refractivity contribution in [2.75, 3.05) is 25.5 Å². The monoisotopic (exact) mass is 431 g/mol. The van der Waals surface area contributed by atoms with Gasteiger partial charge in [-0.1, -0.05) is 34.1 Å². The lowest BCUT2D eigenvalue weighted by atomic mass is 10.2. The minimum absolute atomic E-state index is 0.0546. The highest BCUT2D eigenvalue weighted by molar-refractivity contribution is 9.10. The Morgan fingerprint density at radius 2 is 1.78 bits per heavy atom. The quantitative estimate of drug-likeness (QED) is 0.706. The Morgan fingerprint density at radius 1 is 1.07 bits per heavy atom. The largest absolute Gasteiger partial charge is 0.352 e. The van der Waals surface area contributed by atoms with Gasteiger partial charge in [0.2, 0.25) is 11.8 Å². The van der Waals surface area contributed by atoms with Crippen LogP contribution in [0, 0.1) is 6.92 Å². The number of rotatable bonds is 7. The molecule has 142 valence electrons. The molecule has 0 spiro atoms. The second-order valence-corrected chi connectivity index (χ2v) is 7.04. The summed E-state index contributed by atoms with van der Waals surface area (Å²) in [6.45, 7) is 2.05. The molecule has 0 saturated heterocycles. The molecule has 0 saturated carbocycles. The number of anilines is 1. The average Bonchev–Trinajstić information content (AvgIpc) is 2.64. The molecule has 2 aromatic rings. The number of benzene rings is 2. The Labute approximate surface area is 167 Å². The van der Waals surface area contributed by atoms with Gasteiger partial charge in [-0.25, -0.2) is 0 Å². The number of nitrogens with zero attached hydrogens (tertiary/aromatic N) is 1. The third kappa shape index (κ3) is 6.53. The zero-order valence-electron chi connectivity index (χ0n) is 15.3. The summed E-state index contributed by atoms with van der Waals surface area (Å²) >= 11 is 3.38. The minimum atomic E-state index is -0.274. The van der Waals surface area contributed by atoms with Gasteiger partial charge in [-0.3, -0.25) is 14.4 Å². The smallest absolute Gasteiger partial charge is 0.251 e. The van der Waals surface area contributed by atoms with Crippen molar-refractivity contribution in [1.82, 2.24) is 10.2 Å². The van der Waals surface area contributed by atoms with E-state index in [0.717, 1.165) is 10.0 Å². The first kappa shape index (κ1) is 20.6. The third-order valence-corrected chi connectivity index (χ3v) is 4.42. The van der Waals surface area contributed by atoms with Crippen molar-refractivity contribution in [2.24, 2.45) is 0 Å². The van der Waals surface area contributed by atoms with Gasteiger partial charge in [0.1, 0.15) is 0 Å². The summed E-state index contributed by atoms with van der Waals surface area (Å²) in [6.07, 6.45) is 0.125. The zero-order valence-corrected chi connectivity index (χ0v) is 16.9. The summed E-state index contributed by atoms with van der Waals surface area (Å²) in [5.74, 6) is -0.717. The Kier molecular flexibility index (Phi) is 7.55. The van der Waals surface area contributed by atoms with Crippen molar-refractivity contribution in [1.29, 1.82) is 0 Å². The maximum Gasteiger partial charge on any atom is 0.251 e. The van der Waals surface area contributed by atoms with Crippen molar-refractivity contribution in [3.8, 4) is 0 Å². The normalized spacial score (nSPS) is 10.2. The number of hydrogen-bond acceptors (Lipinski definition) is 3. The Hall–Kier alpha value is -2.67. The van der Waals surface area contributed by atoms with E-state index < -0.39 is 0 Å². The summed E-state index contributed by atoms with van der Waals surface area (Å²) < 4.78 is 0.933. The van der Waals surface area contributed by atoms with E-state index >= 15 is 0 Å². The molecule has 0 aromatic heterocycles. The van der Waals surface area contributed by atoms with Gasteiger partial charge in [0.25, 0.3) is 5.91 Å². The van der Waals surface area contributed by atoms with Gasteiger partial charge in [0.15, 0.2) is 0 Å². The van der Waals surface area contributed by atoms with Crippen LogP contribution in [0.3, 0.4) is 0 Å². The van der Waals surface area contributed by atoms with Crippen LogP contribution in [-0.2, 0) is 9.59 Å². The van der Waals surface area contributed by atoms with Crippen LogP contribution in [0.25, 0.3) is 0 Å². The van der Waals surface area contributed by atoms with Crippen LogP contribution in [0.15, 0.2) is 53.0 Å². The van der Waals surface area contributed by atoms with Crippen molar-refractivity contribution < 1.29 is 14.4 Å². The topological polar surface area (TPSA) is 78.5 Å². The van der Waals surface area contributed by atoms with Crippen LogP contribution >= 0.6 is 15.9 Å².